The molecule has 0 bridgehead atoms. The molecule has 1 N–H and O–H groups in total. The van der Waals surface area contributed by atoms with Crippen LogP contribution in [0, 0.1) is 11.3 Å². The van der Waals surface area contributed by atoms with E-state index in [9.17, 15) is 10.4 Å². The fourth-order valence-electron chi connectivity index (χ4n) is 1.88. The lowest BCUT2D eigenvalue weighted by molar-refractivity contribution is 0.281. The maximum absolute atomic E-state index is 9.42. The number of aliphatic hydroxyl groups is 1. The van der Waals surface area contributed by atoms with Crippen LogP contribution in [0.15, 0.2) is 30.3 Å². The molecule has 2 rings (SSSR count). The van der Waals surface area contributed by atoms with Gasteiger partial charge in [-0.3, -0.25) is 0 Å². The van der Waals surface area contributed by atoms with Gasteiger partial charge in [-0.05, 0) is 29.8 Å². The molecule has 0 aliphatic rings. The SMILES string of the molecule is N#CC(c1cc(CO)cc(Cl)n1)c1c(Cl)cccc1Cl. The molecule has 0 fully saturated rings. The van der Waals surface area contributed by atoms with Gasteiger partial charge in [0, 0.05) is 15.6 Å². The van der Waals surface area contributed by atoms with E-state index in [4.69, 9.17) is 34.8 Å². The predicted molar refractivity (Wildman–Crippen MR) is 79.1 cm³/mol. The van der Waals surface area contributed by atoms with Crippen molar-refractivity contribution in [3.63, 3.8) is 0 Å². The van der Waals surface area contributed by atoms with Crippen molar-refractivity contribution in [2.24, 2.45) is 0 Å². The third-order valence-corrected chi connectivity index (χ3v) is 3.62. The van der Waals surface area contributed by atoms with Gasteiger partial charge in [-0.25, -0.2) is 4.98 Å². The maximum Gasteiger partial charge on any atom is 0.129 e. The average Bonchev–Trinajstić information content (AvgIpc) is 2.42. The van der Waals surface area contributed by atoms with Gasteiger partial charge in [-0.1, -0.05) is 40.9 Å². The van der Waals surface area contributed by atoms with Crippen molar-refractivity contribution in [2.45, 2.75) is 12.5 Å². The maximum atomic E-state index is 9.42. The van der Waals surface area contributed by atoms with Gasteiger partial charge in [0.05, 0.1) is 18.4 Å². The molecule has 1 atom stereocenters. The van der Waals surface area contributed by atoms with Gasteiger partial charge in [0.2, 0.25) is 0 Å². The monoisotopic (exact) mass is 326 g/mol. The van der Waals surface area contributed by atoms with E-state index >= 15 is 0 Å². The Balaban J connectivity index is 2.59. The minimum Gasteiger partial charge on any atom is -0.392 e. The van der Waals surface area contributed by atoms with Crippen LogP contribution in [0.5, 0.6) is 0 Å². The Bertz CT molecular complexity index is 662. The number of benzene rings is 1. The van der Waals surface area contributed by atoms with Gasteiger partial charge in [0.25, 0.3) is 0 Å². The number of halogens is 3. The highest BCUT2D eigenvalue weighted by Crippen LogP contribution is 2.35. The first-order chi connectivity index (χ1) is 9.56. The zero-order chi connectivity index (χ0) is 14.7. The van der Waals surface area contributed by atoms with Crippen molar-refractivity contribution in [3.8, 4) is 6.07 Å². The lowest BCUT2D eigenvalue weighted by Gasteiger charge is -2.14. The summed E-state index contributed by atoms with van der Waals surface area (Å²) in [6.45, 7) is -0.191. The van der Waals surface area contributed by atoms with Crippen LogP contribution in [0.4, 0.5) is 0 Å². The van der Waals surface area contributed by atoms with E-state index in [0.717, 1.165) is 0 Å². The van der Waals surface area contributed by atoms with Crippen molar-refractivity contribution < 1.29 is 5.11 Å². The normalized spacial score (nSPS) is 11.9. The fraction of sp³-hybridized carbons (Fsp3) is 0.143. The molecular formula is C14H9Cl3N2O. The second-order valence-electron chi connectivity index (χ2n) is 4.08. The topological polar surface area (TPSA) is 56.9 Å². The van der Waals surface area contributed by atoms with E-state index in [-0.39, 0.29) is 11.8 Å². The first-order valence-corrected chi connectivity index (χ1v) is 6.81. The van der Waals surface area contributed by atoms with Crippen LogP contribution in [-0.2, 0) is 6.61 Å². The van der Waals surface area contributed by atoms with Gasteiger partial charge >= 0.3 is 0 Å². The van der Waals surface area contributed by atoms with Gasteiger partial charge in [0.15, 0.2) is 0 Å². The lowest BCUT2D eigenvalue weighted by Crippen LogP contribution is -2.04. The average molecular weight is 328 g/mol. The van der Waals surface area contributed by atoms with E-state index in [1.807, 2.05) is 0 Å². The van der Waals surface area contributed by atoms with E-state index in [0.29, 0.717) is 26.9 Å². The van der Waals surface area contributed by atoms with E-state index in [2.05, 4.69) is 11.1 Å². The quantitative estimate of drug-likeness (QED) is 0.860. The summed E-state index contributed by atoms with van der Waals surface area (Å²) >= 11 is 18.1. The molecule has 2 aromatic rings. The lowest BCUT2D eigenvalue weighted by atomic mass is 9.95. The summed E-state index contributed by atoms with van der Waals surface area (Å²) in [5, 5.41) is 19.6. The molecular weight excluding hydrogens is 319 g/mol. The summed E-state index contributed by atoms with van der Waals surface area (Å²) in [5.74, 6) is -0.750. The summed E-state index contributed by atoms with van der Waals surface area (Å²) in [4.78, 5) is 4.13. The van der Waals surface area contributed by atoms with E-state index in [1.165, 1.54) is 6.07 Å². The Morgan fingerprint density at radius 1 is 1.20 bits per heavy atom. The Labute approximate surface area is 131 Å². The number of rotatable bonds is 3. The van der Waals surface area contributed by atoms with Crippen molar-refractivity contribution in [1.29, 1.82) is 5.26 Å². The molecule has 6 heteroatoms. The molecule has 1 heterocycles. The molecule has 102 valence electrons. The molecule has 3 nitrogen and oxygen atoms in total. The molecule has 0 amide bonds. The zero-order valence-electron chi connectivity index (χ0n) is 10.1. The third kappa shape index (κ3) is 3.05. The minimum atomic E-state index is -0.750. The first-order valence-electron chi connectivity index (χ1n) is 5.67. The van der Waals surface area contributed by atoms with Crippen LogP contribution >= 0.6 is 34.8 Å². The smallest absolute Gasteiger partial charge is 0.129 e. The second-order valence-corrected chi connectivity index (χ2v) is 5.28. The zero-order valence-corrected chi connectivity index (χ0v) is 12.4. The van der Waals surface area contributed by atoms with E-state index in [1.54, 1.807) is 24.3 Å². The van der Waals surface area contributed by atoms with Crippen LogP contribution in [0.2, 0.25) is 15.2 Å². The first kappa shape index (κ1) is 15.1. The number of hydrogen-bond acceptors (Lipinski definition) is 3. The fourth-order valence-corrected chi connectivity index (χ4v) is 2.73. The van der Waals surface area contributed by atoms with Gasteiger partial charge in [-0.15, -0.1) is 0 Å². The molecule has 0 aliphatic carbocycles. The number of nitrogens with zero attached hydrogens (tertiary/aromatic N) is 2. The van der Waals surface area contributed by atoms with Crippen molar-refractivity contribution >= 4 is 34.8 Å². The van der Waals surface area contributed by atoms with E-state index < -0.39 is 5.92 Å². The number of nitriles is 1. The molecule has 1 unspecified atom stereocenters. The number of aliphatic hydroxyl groups excluding tert-OH is 1. The van der Waals surface area contributed by atoms with Gasteiger partial charge in [-0.2, -0.15) is 5.26 Å². The molecule has 1 aromatic heterocycles. The highest BCUT2D eigenvalue weighted by molar-refractivity contribution is 6.36. The van der Waals surface area contributed by atoms with Crippen molar-refractivity contribution in [3.05, 3.63) is 62.4 Å². The number of pyridine rings is 1. The number of hydrogen-bond donors (Lipinski definition) is 1. The van der Waals surface area contributed by atoms with Crippen molar-refractivity contribution in [1.82, 2.24) is 4.98 Å². The Hall–Kier alpha value is -1.31. The number of aromatic nitrogens is 1. The van der Waals surface area contributed by atoms with Crippen molar-refractivity contribution in [2.75, 3.05) is 0 Å². The van der Waals surface area contributed by atoms with Crippen LogP contribution in [0.3, 0.4) is 0 Å². The minimum absolute atomic E-state index is 0.191. The molecule has 0 saturated heterocycles. The van der Waals surface area contributed by atoms with Crippen LogP contribution < -0.4 is 0 Å². The molecule has 0 aliphatic heterocycles. The Morgan fingerprint density at radius 3 is 2.40 bits per heavy atom. The summed E-state index contributed by atoms with van der Waals surface area (Å²) in [6, 6.07) is 10.3. The summed E-state index contributed by atoms with van der Waals surface area (Å²) in [7, 11) is 0. The Morgan fingerprint density at radius 2 is 1.85 bits per heavy atom. The summed E-state index contributed by atoms with van der Waals surface area (Å²) in [5.41, 5.74) is 1.46. The summed E-state index contributed by atoms with van der Waals surface area (Å²) < 4.78 is 0. The molecule has 1 aromatic carbocycles. The third-order valence-electron chi connectivity index (χ3n) is 2.77. The molecule has 0 spiro atoms. The molecule has 0 saturated carbocycles. The van der Waals surface area contributed by atoms with Gasteiger partial charge in [0.1, 0.15) is 11.1 Å². The van der Waals surface area contributed by atoms with Crippen LogP contribution in [-0.4, -0.2) is 10.1 Å². The van der Waals surface area contributed by atoms with Crippen LogP contribution in [0.1, 0.15) is 22.7 Å². The largest absolute Gasteiger partial charge is 0.392 e. The summed E-state index contributed by atoms with van der Waals surface area (Å²) in [6.07, 6.45) is 0. The Kier molecular flexibility index (Phi) is 4.85. The van der Waals surface area contributed by atoms with Crippen LogP contribution in [0.25, 0.3) is 0 Å². The molecule has 20 heavy (non-hydrogen) atoms. The standard InChI is InChI=1S/C14H9Cl3N2O/c15-10-2-1-3-11(16)14(10)9(6-18)12-4-8(7-20)5-13(17)19-12/h1-5,9,20H,7H2. The molecule has 0 radical (unpaired) electrons. The predicted octanol–water partition coefficient (Wildman–Crippen LogP) is 4.19. The second kappa shape index (κ2) is 6.43. The highest BCUT2D eigenvalue weighted by Gasteiger charge is 2.21. The highest BCUT2D eigenvalue weighted by atomic mass is 35.5. The van der Waals surface area contributed by atoms with Gasteiger partial charge < -0.3 is 5.11 Å².